The van der Waals surface area contributed by atoms with Gasteiger partial charge in [0.05, 0.1) is 7.11 Å². The van der Waals surface area contributed by atoms with Crippen molar-refractivity contribution in [3.63, 3.8) is 0 Å². The highest BCUT2D eigenvalue weighted by Crippen LogP contribution is 2.24. The van der Waals surface area contributed by atoms with Crippen LogP contribution in [0.3, 0.4) is 0 Å². The lowest BCUT2D eigenvalue weighted by Crippen LogP contribution is -2.22. The van der Waals surface area contributed by atoms with Crippen molar-refractivity contribution in [3.05, 3.63) is 29.8 Å². The molecule has 18 heavy (non-hydrogen) atoms. The van der Waals surface area contributed by atoms with E-state index in [1.165, 1.54) is 24.8 Å². The first-order valence-electron chi connectivity index (χ1n) is 7.04. The normalized spacial score (nSPS) is 12.7. The number of nitrogens with one attached hydrogen (secondary N) is 1. The Labute approximate surface area is 112 Å². The standard InChI is InChI=1S/C16H27NO/c1-5-11-17-16(10-9-13(2)3)14-7-6-8-15(12-14)18-4/h6-8,12-13,16-17H,5,9-11H2,1-4H3. The third-order valence-electron chi connectivity index (χ3n) is 3.17. The Hall–Kier alpha value is -1.02. The molecule has 0 aromatic heterocycles. The van der Waals surface area contributed by atoms with Gasteiger partial charge < -0.3 is 10.1 Å². The van der Waals surface area contributed by atoms with Crippen molar-refractivity contribution >= 4 is 0 Å². The Morgan fingerprint density at radius 3 is 2.61 bits per heavy atom. The Morgan fingerprint density at radius 2 is 2.00 bits per heavy atom. The summed E-state index contributed by atoms with van der Waals surface area (Å²) in [5.74, 6) is 1.70. The number of hydrogen-bond donors (Lipinski definition) is 1. The molecule has 0 saturated carbocycles. The Balaban J connectivity index is 2.72. The van der Waals surface area contributed by atoms with E-state index in [-0.39, 0.29) is 0 Å². The van der Waals surface area contributed by atoms with Crippen LogP contribution in [0.25, 0.3) is 0 Å². The smallest absolute Gasteiger partial charge is 0.119 e. The molecule has 0 saturated heterocycles. The molecule has 1 rings (SSSR count). The van der Waals surface area contributed by atoms with Crippen LogP contribution in [0.5, 0.6) is 5.75 Å². The maximum atomic E-state index is 5.31. The third kappa shape index (κ3) is 5.09. The summed E-state index contributed by atoms with van der Waals surface area (Å²) < 4.78 is 5.31. The molecule has 2 nitrogen and oxygen atoms in total. The first-order valence-corrected chi connectivity index (χ1v) is 7.04. The van der Waals surface area contributed by atoms with E-state index >= 15 is 0 Å². The molecule has 0 aliphatic carbocycles. The number of methoxy groups -OCH3 is 1. The van der Waals surface area contributed by atoms with Crippen molar-refractivity contribution in [2.75, 3.05) is 13.7 Å². The van der Waals surface area contributed by atoms with E-state index in [1.807, 2.05) is 6.07 Å². The molecule has 1 aromatic rings. The van der Waals surface area contributed by atoms with Gasteiger partial charge in [-0.15, -0.1) is 0 Å². The molecule has 0 aliphatic rings. The summed E-state index contributed by atoms with van der Waals surface area (Å²) in [6.07, 6.45) is 3.60. The lowest BCUT2D eigenvalue weighted by atomic mass is 9.97. The highest BCUT2D eigenvalue weighted by Gasteiger charge is 2.11. The minimum absolute atomic E-state index is 0.447. The lowest BCUT2D eigenvalue weighted by Gasteiger charge is -2.20. The van der Waals surface area contributed by atoms with E-state index in [0.717, 1.165) is 18.2 Å². The van der Waals surface area contributed by atoms with Gasteiger partial charge >= 0.3 is 0 Å². The number of rotatable bonds is 8. The molecule has 102 valence electrons. The Bertz CT molecular complexity index is 336. The molecule has 1 N–H and O–H groups in total. The van der Waals surface area contributed by atoms with E-state index in [4.69, 9.17) is 4.74 Å². The largest absolute Gasteiger partial charge is 0.497 e. The summed E-state index contributed by atoms with van der Waals surface area (Å²) in [5, 5.41) is 3.64. The summed E-state index contributed by atoms with van der Waals surface area (Å²) in [5.41, 5.74) is 1.34. The van der Waals surface area contributed by atoms with Crippen molar-refractivity contribution in [1.82, 2.24) is 5.32 Å². The Kier molecular flexibility index (Phi) is 6.81. The molecule has 0 heterocycles. The van der Waals surface area contributed by atoms with Crippen molar-refractivity contribution in [2.24, 2.45) is 5.92 Å². The van der Waals surface area contributed by atoms with Gasteiger partial charge in [0, 0.05) is 6.04 Å². The van der Waals surface area contributed by atoms with Gasteiger partial charge in [-0.1, -0.05) is 32.9 Å². The van der Waals surface area contributed by atoms with Crippen LogP contribution in [-0.2, 0) is 0 Å². The summed E-state index contributed by atoms with van der Waals surface area (Å²) in [6, 6.07) is 8.86. The van der Waals surface area contributed by atoms with Gasteiger partial charge in [-0.3, -0.25) is 0 Å². The maximum Gasteiger partial charge on any atom is 0.119 e. The highest BCUT2D eigenvalue weighted by molar-refractivity contribution is 5.30. The topological polar surface area (TPSA) is 21.3 Å². The average molecular weight is 249 g/mol. The third-order valence-corrected chi connectivity index (χ3v) is 3.17. The van der Waals surface area contributed by atoms with E-state index in [1.54, 1.807) is 7.11 Å². The summed E-state index contributed by atoms with van der Waals surface area (Å²) >= 11 is 0. The first-order chi connectivity index (χ1) is 8.67. The molecule has 0 spiro atoms. The summed E-state index contributed by atoms with van der Waals surface area (Å²) in [6.45, 7) is 7.84. The molecule has 2 heteroatoms. The molecule has 0 bridgehead atoms. The predicted octanol–water partition coefficient (Wildman–Crippen LogP) is 4.17. The number of benzene rings is 1. The quantitative estimate of drug-likeness (QED) is 0.746. The van der Waals surface area contributed by atoms with Crippen LogP contribution in [0.1, 0.15) is 51.6 Å². The zero-order valence-electron chi connectivity index (χ0n) is 12.2. The zero-order valence-corrected chi connectivity index (χ0v) is 12.2. The summed E-state index contributed by atoms with van der Waals surface area (Å²) in [7, 11) is 1.72. The van der Waals surface area contributed by atoms with Crippen LogP contribution in [0.2, 0.25) is 0 Å². The maximum absolute atomic E-state index is 5.31. The van der Waals surface area contributed by atoms with E-state index in [2.05, 4.69) is 44.3 Å². The predicted molar refractivity (Wildman–Crippen MR) is 78.1 cm³/mol. The highest BCUT2D eigenvalue weighted by atomic mass is 16.5. The van der Waals surface area contributed by atoms with Crippen LogP contribution in [-0.4, -0.2) is 13.7 Å². The fourth-order valence-corrected chi connectivity index (χ4v) is 2.06. The van der Waals surface area contributed by atoms with E-state index in [0.29, 0.717) is 6.04 Å². The second kappa shape index (κ2) is 8.15. The van der Waals surface area contributed by atoms with E-state index in [9.17, 15) is 0 Å². The second-order valence-electron chi connectivity index (χ2n) is 5.25. The van der Waals surface area contributed by atoms with Gasteiger partial charge in [0.25, 0.3) is 0 Å². The molecule has 0 radical (unpaired) electrons. The van der Waals surface area contributed by atoms with Crippen LogP contribution < -0.4 is 10.1 Å². The van der Waals surface area contributed by atoms with Gasteiger partial charge in [-0.2, -0.15) is 0 Å². The lowest BCUT2D eigenvalue weighted by molar-refractivity contribution is 0.409. The average Bonchev–Trinajstić information content (AvgIpc) is 2.38. The molecule has 1 unspecified atom stereocenters. The summed E-state index contributed by atoms with van der Waals surface area (Å²) in [4.78, 5) is 0. The van der Waals surface area contributed by atoms with Crippen molar-refractivity contribution in [2.45, 2.75) is 46.1 Å². The second-order valence-corrected chi connectivity index (χ2v) is 5.25. The van der Waals surface area contributed by atoms with Gasteiger partial charge in [0.15, 0.2) is 0 Å². The SMILES string of the molecule is CCCNC(CCC(C)C)c1cccc(OC)c1. The van der Waals surface area contributed by atoms with Crippen LogP contribution >= 0.6 is 0 Å². The molecule has 1 atom stereocenters. The monoisotopic (exact) mass is 249 g/mol. The van der Waals surface area contributed by atoms with Crippen molar-refractivity contribution < 1.29 is 4.74 Å². The molecular formula is C16H27NO. The van der Waals surface area contributed by atoms with Gasteiger partial charge in [-0.05, 0) is 49.4 Å². The van der Waals surface area contributed by atoms with E-state index < -0.39 is 0 Å². The first kappa shape index (κ1) is 15.0. The van der Waals surface area contributed by atoms with Gasteiger partial charge in [-0.25, -0.2) is 0 Å². The minimum atomic E-state index is 0.447. The van der Waals surface area contributed by atoms with Crippen LogP contribution in [0, 0.1) is 5.92 Å². The van der Waals surface area contributed by atoms with Crippen LogP contribution in [0.15, 0.2) is 24.3 Å². The molecule has 0 amide bonds. The van der Waals surface area contributed by atoms with Crippen LogP contribution in [0.4, 0.5) is 0 Å². The molecule has 0 fully saturated rings. The molecule has 1 aromatic carbocycles. The number of hydrogen-bond acceptors (Lipinski definition) is 2. The van der Waals surface area contributed by atoms with Crippen molar-refractivity contribution in [3.8, 4) is 5.75 Å². The van der Waals surface area contributed by atoms with Gasteiger partial charge in [0.2, 0.25) is 0 Å². The molecule has 0 aliphatic heterocycles. The minimum Gasteiger partial charge on any atom is -0.497 e. The fraction of sp³-hybridized carbons (Fsp3) is 0.625. The van der Waals surface area contributed by atoms with Crippen molar-refractivity contribution in [1.29, 1.82) is 0 Å². The fourth-order valence-electron chi connectivity index (χ4n) is 2.06. The Morgan fingerprint density at radius 1 is 1.22 bits per heavy atom. The molecular weight excluding hydrogens is 222 g/mol. The van der Waals surface area contributed by atoms with Gasteiger partial charge in [0.1, 0.15) is 5.75 Å². The zero-order chi connectivity index (χ0) is 13.4. The number of ether oxygens (including phenoxy) is 1.